The average Bonchev–Trinajstić information content (AvgIpc) is 3.04. The first-order valence-corrected chi connectivity index (χ1v) is 8.35. The molecule has 4 nitrogen and oxygen atoms in total. The second-order valence-electron chi connectivity index (χ2n) is 6.62. The molecule has 0 radical (unpaired) electrons. The number of rotatable bonds is 6. The van der Waals surface area contributed by atoms with Crippen molar-refractivity contribution in [2.75, 3.05) is 0 Å². The van der Waals surface area contributed by atoms with E-state index in [9.17, 15) is 4.79 Å². The molecular weight excluding hydrogens is 312 g/mol. The van der Waals surface area contributed by atoms with Crippen LogP contribution in [0, 0.1) is 0 Å². The van der Waals surface area contributed by atoms with Crippen LogP contribution in [0.5, 0.6) is 0 Å². The van der Waals surface area contributed by atoms with Crippen molar-refractivity contribution >= 4 is 16.9 Å². The molecule has 1 N–H and O–H groups in total. The van der Waals surface area contributed by atoms with Gasteiger partial charge in [-0.3, -0.25) is 4.79 Å². The summed E-state index contributed by atoms with van der Waals surface area (Å²) < 4.78 is 5.38. The fourth-order valence-corrected chi connectivity index (χ4v) is 2.99. The molecule has 1 amide bonds. The number of carbonyl (C=O) groups excluding carboxylic acids is 1. The molecule has 0 aliphatic rings. The molecule has 0 fully saturated rings. The minimum Gasteiger partial charge on any atom is -0.356 e. The molecule has 0 bridgehead atoms. The van der Waals surface area contributed by atoms with Crippen LogP contribution < -0.4 is 5.32 Å². The number of hydrogen-bond acceptors (Lipinski definition) is 3. The Morgan fingerprint density at radius 3 is 2.60 bits per heavy atom. The second-order valence-corrected chi connectivity index (χ2v) is 6.62. The van der Waals surface area contributed by atoms with E-state index in [-0.39, 0.29) is 5.91 Å². The number of para-hydroxylation sites is 1. The quantitative estimate of drug-likeness (QED) is 0.673. The summed E-state index contributed by atoms with van der Waals surface area (Å²) in [6.07, 6.45) is 2.23. The van der Waals surface area contributed by atoms with Crippen LogP contribution in [-0.4, -0.2) is 11.1 Å². The van der Waals surface area contributed by atoms with Gasteiger partial charge >= 0.3 is 0 Å². The van der Waals surface area contributed by atoms with Crippen LogP contribution in [0.1, 0.15) is 37.4 Å². The first kappa shape index (κ1) is 17.0. The lowest BCUT2D eigenvalue weighted by Gasteiger charge is -2.29. The van der Waals surface area contributed by atoms with Gasteiger partial charge in [-0.1, -0.05) is 53.7 Å². The van der Waals surface area contributed by atoms with Gasteiger partial charge in [0.15, 0.2) is 5.58 Å². The lowest BCUT2D eigenvalue weighted by Crippen LogP contribution is -2.43. The number of fused-ring (bicyclic) bond motifs is 1. The van der Waals surface area contributed by atoms with E-state index in [1.807, 2.05) is 68.4 Å². The van der Waals surface area contributed by atoms with Gasteiger partial charge in [0.1, 0.15) is 5.69 Å². The summed E-state index contributed by atoms with van der Waals surface area (Å²) in [5, 5.41) is 8.16. The van der Waals surface area contributed by atoms with Crippen LogP contribution in [-0.2, 0) is 10.3 Å². The first-order chi connectivity index (χ1) is 12.0. The summed E-state index contributed by atoms with van der Waals surface area (Å²) in [6.45, 7) is 7.77. The Balaban J connectivity index is 1.90. The molecule has 3 aromatic rings. The number of allylic oxidation sites excluding steroid dienone is 1. The van der Waals surface area contributed by atoms with Crippen LogP contribution in [0.15, 0.2) is 71.8 Å². The zero-order chi connectivity index (χ0) is 17.9. The molecule has 25 heavy (non-hydrogen) atoms. The van der Waals surface area contributed by atoms with Gasteiger partial charge in [0.2, 0.25) is 5.91 Å². The maximum atomic E-state index is 13.0. The van der Waals surface area contributed by atoms with Gasteiger partial charge in [-0.2, -0.15) is 0 Å². The van der Waals surface area contributed by atoms with Gasteiger partial charge in [0.05, 0.1) is 11.5 Å². The number of carbonyl (C=O) groups is 1. The zero-order valence-corrected chi connectivity index (χ0v) is 14.5. The maximum absolute atomic E-state index is 13.0. The number of amides is 1. The van der Waals surface area contributed by atoms with Crippen molar-refractivity contribution in [2.45, 2.75) is 31.7 Å². The molecule has 1 unspecified atom stereocenters. The number of aromatic nitrogens is 1. The first-order valence-electron chi connectivity index (χ1n) is 8.35. The second kappa shape index (κ2) is 6.93. The van der Waals surface area contributed by atoms with Crippen LogP contribution in [0.3, 0.4) is 0 Å². The Morgan fingerprint density at radius 1 is 1.20 bits per heavy atom. The van der Waals surface area contributed by atoms with E-state index in [0.717, 1.165) is 10.9 Å². The standard InChI is InChI=1S/C21H22N2O2/c1-4-10-17(19-16-13-8-9-14-18(16)25-23-19)20(24)22-21(2,3)15-11-6-5-7-12-15/h4-9,11-14,17H,1,10H2,2-3H3,(H,22,24). The smallest absolute Gasteiger partial charge is 0.230 e. The largest absolute Gasteiger partial charge is 0.356 e. The van der Waals surface area contributed by atoms with Crippen LogP contribution in [0.2, 0.25) is 0 Å². The Kier molecular flexibility index (Phi) is 4.70. The summed E-state index contributed by atoms with van der Waals surface area (Å²) in [5.74, 6) is -0.531. The normalized spacial score (nSPS) is 12.7. The highest BCUT2D eigenvalue weighted by Crippen LogP contribution is 2.29. The summed E-state index contributed by atoms with van der Waals surface area (Å²) in [5.41, 5.74) is 1.89. The van der Waals surface area contributed by atoms with E-state index in [2.05, 4.69) is 17.1 Å². The van der Waals surface area contributed by atoms with Crippen LogP contribution in [0.25, 0.3) is 11.0 Å². The molecule has 0 spiro atoms. The Bertz CT molecular complexity index is 881. The number of hydrogen-bond donors (Lipinski definition) is 1. The fourth-order valence-electron chi connectivity index (χ4n) is 2.99. The molecule has 1 atom stereocenters. The van der Waals surface area contributed by atoms with Crippen molar-refractivity contribution in [3.05, 3.63) is 78.5 Å². The summed E-state index contributed by atoms with van der Waals surface area (Å²) >= 11 is 0. The lowest BCUT2D eigenvalue weighted by atomic mass is 9.91. The predicted molar refractivity (Wildman–Crippen MR) is 99.2 cm³/mol. The van der Waals surface area contributed by atoms with Crippen molar-refractivity contribution < 1.29 is 9.32 Å². The third-order valence-corrected chi connectivity index (χ3v) is 4.39. The summed E-state index contributed by atoms with van der Waals surface area (Å²) in [7, 11) is 0. The van der Waals surface area contributed by atoms with Crippen LogP contribution >= 0.6 is 0 Å². The molecule has 0 aliphatic heterocycles. The molecule has 0 aliphatic carbocycles. The fraction of sp³-hybridized carbons (Fsp3) is 0.238. The molecule has 1 heterocycles. The van der Waals surface area contributed by atoms with E-state index < -0.39 is 11.5 Å². The lowest BCUT2D eigenvalue weighted by molar-refractivity contribution is -0.124. The summed E-state index contributed by atoms with van der Waals surface area (Å²) in [6, 6.07) is 17.5. The monoisotopic (exact) mass is 334 g/mol. The van der Waals surface area contributed by atoms with E-state index in [4.69, 9.17) is 4.52 Å². The van der Waals surface area contributed by atoms with Crippen molar-refractivity contribution in [2.24, 2.45) is 0 Å². The van der Waals surface area contributed by atoms with Gasteiger partial charge < -0.3 is 9.84 Å². The van der Waals surface area contributed by atoms with E-state index in [0.29, 0.717) is 17.7 Å². The van der Waals surface area contributed by atoms with Crippen molar-refractivity contribution in [3.8, 4) is 0 Å². The Morgan fingerprint density at radius 2 is 1.88 bits per heavy atom. The number of benzene rings is 2. The van der Waals surface area contributed by atoms with Crippen molar-refractivity contribution in [1.82, 2.24) is 10.5 Å². The highest BCUT2D eigenvalue weighted by molar-refractivity contribution is 5.90. The molecule has 3 rings (SSSR count). The molecule has 0 saturated heterocycles. The summed E-state index contributed by atoms with van der Waals surface area (Å²) in [4.78, 5) is 13.0. The SMILES string of the molecule is C=CCC(C(=O)NC(C)(C)c1ccccc1)c1noc2ccccc12. The topological polar surface area (TPSA) is 55.1 Å². The zero-order valence-electron chi connectivity index (χ0n) is 14.5. The van der Waals surface area contributed by atoms with E-state index in [1.54, 1.807) is 6.08 Å². The molecular formula is C21H22N2O2. The van der Waals surface area contributed by atoms with Crippen molar-refractivity contribution in [3.63, 3.8) is 0 Å². The molecule has 1 aromatic heterocycles. The van der Waals surface area contributed by atoms with Gasteiger partial charge in [0.25, 0.3) is 0 Å². The number of nitrogens with zero attached hydrogens (tertiary/aromatic N) is 1. The highest BCUT2D eigenvalue weighted by Gasteiger charge is 2.30. The van der Waals surface area contributed by atoms with Gasteiger partial charge in [-0.25, -0.2) is 0 Å². The molecule has 2 aromatic carbocycles. The van der Waals surface area contributed by atoms with Crippen molar-refractivity contribution in [1.29, 1.82) is 0 Å². The minimum absolute atomic E-state index is 0.0900. The molecule has 128 valence electrons. The van der Waals surface area contributed by atoms with Gasteiger partial charge in [-0.05, 0) is 38.0 Å². The van der Waals surface area contributed by atoms with E-state index >= 15 is 0 Å². The van der Waals surface area contributed by atoms with Crippen LogP contribution in [0.4, 0.5) is 0 Å². The third kappa shape index (κ3) is 3.48. The maximum Gasteiger partial charge on any atom is 0.230 e. The molecule has 0 saturated carbocycles. The average molecular weight is 334 g/mol. The predicted octanol–water partition coefficient (Wildman–Crippen LogP) is 4.54. The van der Waals surface area contributed by atoms with E-state index in [1.165, 1.54) is 0 Å². The van der Waals surface area contributed by atoms with Gasteiger partial charge in [0, 0.05) is 5.39 Å². The highest BCUT2D eigenvalue weighted by atomic mass is 16.5. The Hall–Kier alpha value is -2.88. The minimum atomic E-state index is -0.489. The molecule has 4 heteroatoms. The Labute approximate surface area is 147 Å². The van der Waals surface area contributed by atoms with Gasteiger partial charge in [-0.15, -0.1) is 6.58 Å². The number of nitrogens with one attached hydrogen (secondary N) is 1. The third-order valence-electron chi connectivity index (χ3n) is 4.39.